The monoisotopic (exact) mass is 381 g/mol. The number of rotatable bonds is 7. The van der Waals surface area contributed by atoms with Crippen LogP contribution in [-0.4, -0.2) is 38.9 Å². The number of nitrogens with one attached hydrogen (secondary N) is 1. The van der Waals surface area contributed by atoms with E-state index in [1.54, 1.807) is 0 Å². The van der Waals surface area contributed by atoms with E-state index in [2.05, 4.69) is 5.10 Å². The maximum Gasteiger partial charge on any atom is 0.311 e. The number of nitrogens with zero attached hydrogens (tertiary/aromatic N) is 2. The van der Waals surface area contributed by atoms with E-state index in [1.165, 1.54) is 44.6 Å². The van der Waals surface area contributed by atoms with E-state index in [0.717, 1.165) is 12.3 Å². The minimum atomic E-state index is -4.03. The zero-order valence-electron chi connectivity index (χ0n) is 13.7. The van der Waals surface area contributed by atoms with Crippen molar-refractivity contribution in [3.63, 3.8) is 0 Å². The van der Waals surface area contributed by atoms with Crippen molar-refractivity contribution in [1.29, 1.82) is 0 Å². The van der Waals surface area contributed by atoms with Crippen LogP contribution in [-0.2, 0) is 10.0 Å². The summed E-state index contributed by atoms with van der Waals surface area (Å²) < 4.78 is 34.6. The molecule has 11 heteroatoms. The first-order chi connectivity index (χ1) is 12.3. The van der Waals surface area contributed by atoms with Crippen molar-refractivity contribution in [3.8, 4) is 17.2 Å². The van der Waals surface area contributed by atoms with E-state index in [4.69, 9.17) is 9.47 Å². The van der Waals surface area contributed by atoms with Gasteiger partial charge in [0.15, 0.2) is 11.5 Å². The van der Waals surface area contributed by atoms with Gasteiger partial charge in [-0.15, -0.1) is 0 Å². The predicted molar refractivity (Wildman–Crippen MR) is 92.2 cm³/mol. The Labute approximate surface area is 148 Å². The summed E-state index contributed by atoms with van der Waals surface area (Å²) in [6, 6.07) is 7.76. The van der Waals surface area contributed by atoms with Crippen molar-refractivity contribution < 1.29 is 27.9 Å². The average molecular weight is 381 g/mol. The highest BCUT2D eigenvalue weighted by Gasteiger charge is 2.17. The standard InChI is InChI=1S/C15H15N3O7S/c1-24-13-7-6-11(8-14(13)25-2)26(22,23)17-16-9-10-4-3-5-12(15(10)19)18(20)21/h3-9,17,19H,1-2H3/b16-9+. The molecule has 2 aromatic rings. The van der Waals surface area contributed by atoms with Crippen LogP contribution in [0.1, 0.15) is 5.56 Å². The third kappa shape index (κ3) is 4.00. The van der Waals surface area contributed by atoms with Crippen LogP contribution < -0.4 is 14.3 Å². The summed E-state index contributed by atoms with van der Waals surface area (Å²) in [5.74, 6) is -0.0429. The zero-order valence-corrected chi connectivity index (χ0v) is 14.6. The molecule has 2 rings (SSSR count). The van der Waals surface area contributed by atoms with Gasteiger partial charge in [0.25, 0.3) is 10.0 Å². The van der Waals surface area contributed by atoms with Crippen LogP contribution in [0.2, 0.25) is 0 Å². The Morgan fingerprint density at radius 3 is 2.50 bits per heavy atom. The van der Waals surface area contributed by atoms with Crippen LogP contribution in [0.5, 0.6) is 17.2 Å². The van der Waals surface area contributed by atoms with Gasteiger partial charge in [-0.05, 0) is 18.2 Å². The van der Waals surface area contributed by atoms with E-state index in [-0.39, 0.29) is 16.2 Å². The summed E-state index contributed by atoms with van der Waals surface area (Å²) in [5.41, 5.74) is -0.536. The number of aromatic hydroxyl groups is 1. The second kappa shape index (κ2) is 7.70. The van der Waals surface area contributed by atoms with Crippen LogP contribution in [0, 0.1) is 10.1 Å². The summed E-state index contributed by atoms with van der Waals surface area (Å²) in [6.07, 6.45) is 0.959. The molecule has 0 aliphatic heterocycles. The fraction of sp³-hybridized carbons (Fsp3) is 0.133. The molecule has 0 bridgehead atoms. The lowest BCUT2D eigenvalue weighted by molar-refractivity contribution is -0.385. The highest BCUT2D eigenvalue weighted by atomic mass is 32.2. The van der Waals surface area contributed by atoms with Crippen LogP contribution in [0.3, 0.4) is 0 Å². The summed E-state index contributed by atoms with van der Waals surface area (Å²) >= 11 is 0. The average Bonchev–Trinajstić information content (AvgIpc) is 2.62. The molecule has 2 aromatic carbocycles. The molecule has 0 heterocycles. The molecule has 0 saturated heterocycles. The van der Waals surface area contributed by atoms with Gasteiger partial charge in [-0.3, -0.25) is 10.1 Å². The fourth-order valence-electron chi connectivity index (χ4n) is 2.00. The van der Waals surface area contributed by atoms with Gasteiger partial charge in [0.2, 0.25) is 5.75 Å². The van der Waals surface area contributed by atoms with E-state index >= 15 is 0 Å². The molecule has 0 saturated carbocycles. The molecule has 10 nitrogen and oxygen atoms in total. The number of hydrogen-bond acceptors (Lipinski definition) is 8. The Balaban J connectivity index is 2.25. The number of phenolic OH excluding ortho intramolecular Hbond substituents is 1. The zero-order chi connectivity index (χ0) is 19.3. The lowest BCUT2D eigenvalue weighted by atomic mass is 10.2. The van der Waals surface area contributed by atoms with E-state index < -0.39 is 26.4 Å². The largest absolute Gasteiger partial charge is 0.502 e. The van der Waals surface area contributed by atoms with Crippen molar-refractivity contribution in [2.24, 2.45) is 5.10 Å². The number of phenols is 1. The van der Waals surface area contributed by atoms with Gasteiger partial charge in [-0.1, -0.05) is 6.07 Å². The smallest absolute Gasteiger partial charge is 0.311 e. The third-order valence-corrected chi connectivity index (χ3v) is 4.50. The topological polar surface area (TPSA) is 140 Å². The molecule has 0 fully saturated rings. The molecule has 0 aliphatic rings. The highest BCUT2D eigenvalue weighted by Crippen LogP contribution is 2.30. The summed E-state index contributed by atoms with van der Waals surface area (Å²) in [4.78, 5) is 11.8. The molecule has 26 heavy (non-hydrogen) atoms. The first-order valence-corrected chi connectivity index (χ1v) is 8.51. The Morgan fingerprint density at radius 1 is 1.19 bits per heavy atom. The van der Waals surface area contributed by atoms with E-state index in [9.17, 15) is 23.6 Å². The number of sulfonamides is 1. The van der Waals surface area contributed by atoms with Gasteiger partial charge >= 0.3 is 5.69 Å². The molecular formula is C15H15N3O7S. The van der Waals surface area contributed by atoms with Crippen molar-refractivity contribution in [2.45, 2.75) is 4.90 Å². The first kappa shape index (κ1) is 19.0. The van der Waals surface area contributed by atoms with Crippen molar-refractivity contribution >= 4 is 21.9 Å². The van der Waals surface area contributed by atoms with Crippen molar-refractivity contribution in [3.05, 3.63) is 52.1 Å². The Bertz CT molecular complexity index is 958. The second-order valence-corrected chi connectivity index (χ2v) is 6.50. The molecule has 0 aromatic heterocycles. The van der Waals surface area contributed by atoms with Crippen LogP contribution in [0.4, 0.5) is 5.69 Å². The molecule has 0 atom stereocenters. The fourth-order valence-corrected chi connectivity index (χ4v) is 2.81. The summed E-state index contributed by atoms with van der Waals surface area (Å²) in [6.45, 7) is 0. The number of benzene rings is 2. The normalized spacial score (nSPS) is 11.3. The summed E-state index contributed by atoms with van der Waals surface area (Å²) in [5, 5.41) is 24.1. The number of hydrazone groups is 1. The molecule has 0 unspecified atom stereocenters. The van der Waals surface area contributed by atoms with Gasteiger partial charge in [-0.2, -0.15) is 13.5 Å². The number of methoxy groups -OCH3 is 2. The number of nitro groups is 1. The number of para-hydroxylation sites is 1. The van der Waals surface area contributed by atoms with Gasteiger partial charge in [0, 0.05) is 17.7 Å². The Kier molecular flexibility index (Phi) is 5.62. The van der Waals surface area contributed by atoms with Gasteiger partial charge in [-0.25, -0.2) is 4.83 Å². The molecule has 0 radical (unpaired) electrons. The van der Waals surface area contributed by atoms with Crippen LogP contribution >= 0.6 is 0 Å². The van der Waals surface area contributed by atoms with Gasteiger partial charge < -0.3 is 14.6 Å². The minimum absolute atomic E-state index is 0.0192. The number of ether oxygens (including phenoxy) is 2. The van der Waals surface area contributed by atoms with E-state index in [1.807, 2.05) is 4.83 Å². The molecule has 0 amide bonds. The maximum atomic E-state index is 12.3. The quantitative estimate of drug-likeness (QED) is 0.422. The molecule has 138 valence electrons. The molecule has 2 N–H and O–H groups in total. The minimum Gasteiger partial charge on any atom is -0.502 e. The number of nitro benzene ring substituents is 1. The lowest BCUT2D eigenvalue weighted by Crippen LogP contribution is -2.18. The SMILES string of the molecule is COc1ccc(S(=O)(=O)N/N=C/c2cccc([N+](=O)[O-])c2O)cc1OC. The predicted octanol–water partition coefficient (Wildman–Crippen LogP) is 1.63. The van der Waals surface area contributed by atoms with Gasteiger partial charge in [0.1, 0.15) is 0 Å². The summed E-state index contributed by atoms with van der Waals surface area (Å²) in [7, 11) is -1.24. The van der Waals surface area contributed by atoms with E-state index in [0.29, 0.717) is 5.75 Å². The third-order valence-electron chi connectivity index (χ3n) is 3.28. The Morgan fingerprint density at radius 2 is 1.88 bits per heavy atom. The van der Waals surface area contributed by atoms with Crippen molar-refractivity contribution in [1.82, 2.24) is 4.83 Å². The van der Waals surface area contributed by atoms with Crippen molar-refractivity contribution in [2.75, 3.05) is 14.2 Å². The van der Waals surface area contributed by atoms with Crippen LogP contribution in [0.15, 0.2) is 46.4 Å². The molecular weight excluding hydrogens is 366 g/mol. The number of hydrogen-bond donors (Lipinski definition) is 2. The van der Waals surface area contributed by atoms with Gasteiger partial charge in [0.05, 0.1) is 30.3 Å². The Hall–Kier alpha value is -3.34. The first-order valence-electron chi connectivity index (χ1n) is 7.03. The second-order valence-electron chi connectivity index (χ2n) is 4.84. The van der Waals surface area contributed by atoms with Crippen LogP contribution in [0.25, 0.3) is 0 Å². The highest BCUT2D eigenvalue weighted by molar-refractivity contribution is 7.89. The molecule has 0 aliphatic carbocycles. The molecule has 0 spiro atoms. The maximum absolute atomic E-state index is 12.3. The lowest BCUT2D eigenvalue weighted by Gasteiger charge is -2.09.